The molecule has 1 aromatic carbocycles. The van der Waals surface area contributed by atoms with Crippen LogP contribution < -0.4 is 5.32 Å². The first-order valence-corrected chi connectivity index (χ1v) is 6.91. The summed E-state index contributed by atoms with van der Waals surface area (Å²) >= 11 is 2.03. The molecule has 0 saturated heterocycles. The highest BCUT2D eigenvalue weighted by Crippen LogP contribution is 2.47. The minimum absolute atomic E-state index is 0.101. The van der Waals surface area contributed by atoms with Gasteiger partial charge in [-0.3, -0.25) is 4.79 Å². The molecule has 2 rings (SSSR count). The summed E-state index contributed by atoms with van der Waals surface area (Å²) in [5.74, 6) is 0.0614. The molecule has 92 valence electrons. The first-order valence-electron chi connectivity index (χ1n) is 5.83. The van der Waals surface area contributed by atoms with Gasteiger partial charge >= 0.3 is 0 Å². The number of phenolic OH excluding ortho intramolecular Hbond substituents is 1. The van der Waals surface area contributed by atoms with Crippen molar-refractivity contribution in [3.63, 3.8) is 0 Å². The highest BCUT2D eigenvalue weighted by atomic mass is 127. The van der Waals surface area contributed by atoms with Gasteiger partial charge in [0.1, 0.15) is 5.75 Å². The highest BCUT2D eigenvalue weighted by molar-refractivity contribution is 14.1. The monoisotopic (exact) mass is 345 g/mol. The molecule has 1 amide bonds. The molecule has 0 atom stereocenters. The Balaban J connectivity index is 1.97. The van der Waals surface area contributed by atoms with E-state index in [2.05, 4.69) is 12.2 Å². The van der Waals surface area contributed by atoms with Crippen LogP contribution in [-0.2, 0) is 0 Å². The summed E-state index contributed by atoms with van der Waals surface area (Å²) < 4.78 is 0.756. The second-order valence-electron chi connectivity index (χ2n) is 4.70. The van der Waals surface area contributed by atoms with Crippen molar-refractivity contribution in [1.29, 1.82) is 0 Å². The van der Waals surface area contributed by atoms with Crippen LogP contribution in [0.2, 0.25) is 0 Å². The molecule has 0 aliphatic heterocycles. The lowest BCUT2D eigenvalue weighted by molar-refractivity contribution is 0.0944. The Morgan fingerprint density at radius 2 is 2.24 bits per heavy atom. The Kier molecular flexibility index (Phi) is 3.61. The van der Waals surface area contributed by atoms with Gasteiger partial charge in [-0.15, -0.1) is 0 Å². The third-order valence-electron chi connectivity index (χ3n) is 3.54. The van der Waals surface area contributed by atoms with Gasteiger partial charge in [0, 0.05) is 12.1 Å². The fourth-order valence-electron chi connectivity index (χ4n) is 1.86. The molecule has 0 spiro atoms. The van der Waals surface area contributed by atoms with Gasteiger partial charge in [-0.25, -0.2) is 0 Å². The number of phenols is 1. The maximum atomic E-state index is 11.9. The zero-order chi connectivity index (χ0) is 12.5. The summed E-state index contributed by atoms with van der Waals surface area (Å²) in [7, 11) is 0. The quantitative estimate of drug-likeness (QED) is 0.825. The maximum Gasteiger partial charge on any atom is 0.251 e. The van der Waals surface area contributed by atoms with Gasteiger partial charge in [0.25, 0.3) is 5.91 Å². The molecule has 1 aromatic rings. The van der Waals surface area contributed by atoms with Crippen LogP contribution in [0.15, 0.2) is 18.2 Å². The number of carbonyl (C=O) groups excluding carboxylic acids is 1. The summed E-state index contributed by atoms with van der Waals surface area (Å²) in [6, 6.07) is 5.00. The molecule has 0 bridgehead atoms. The van der Waals surface area contributed by atoms with Gasteiger partial charge in [0.2, 0.25) is 0 Å². The Hall–Kier alpha value is -0.780. The molecule has 1 saturated carbocycles. The second kappa shape index (κ2) is 4.84. The van der Waals surface area contributed by atoms with E-state index in [4.69, 9.17) is 0 Å². The number of rotatable bonds is 4. The van der Waals surface area contributed by atoms with E-state index >= 15 is 0 Å². The van der Waals surface area contributed by atoms with Crippen molar-refractivity contribution < 1.29 is 9.90 Å². The van der Waals surface area contributed by atoms with E-state index in [1.54, 1.807) is 12.1 Å². The second-order valence-corrected chi connectivity index (χ2v) is 5.86. The van der Waals surface area contributed by atoms with E-state index in [0.717, 1.165) is 16.5 Å². The minimum atomic E-state index is -0.101. The molecule has 0 radical (unpaired) electrons. The Morgan fingerprint density at radius 3 is 2.76 bits per heavy atom. The molecule has 0 unspecified atom stereocenters. The number of amides is 1. The maximum absolute atomic E-state index is 11.9. The molecule has 0 heterocycles. The molecular weight excluding hydrogens is 329 g/mol. The number of hydrogen-bond donors (Lipinski definition) is 2. The molecule has 1 fully saturated rings. The van der Waals surface area contributed by atoms with Crippen molar-refractivity contribution in [3.8, 4) is 5.75 Å². The predicted molar refractivity (Wildman–Crippen MR) is 75.1 cm³/mol. The third kappa shape index (κ3) is 2.91. The standard InChI is InChI=1S/C13H16INO2/c1-2-13(5-6-13)8-15-12(17)9-3-4-10(14)11(16)7-9/h3-4,7,16H,2,5-6,8H2,1H3,(H,15,17). The molecule has 3 nitrogen and oxygen atoms in total. The molecule has 0 aromatic heterocycles. The molecule has 2 N–H and O–H groups in total. The van der Waals surface area contributed by atoms with Gasteiger partial charge < -0.3 is 10.4 Å². The van der Waals surface area contributed by atoms with Crippen LogP contribution in [0, 0.1) is 8.99 Å². The average Bonchev–Trinajstić information content (AvgIpc) is 3.10. The van der Waals surface area contributed by atoms with Crippen molar-refractivity contribution in [3.05, 3.63) is 27.3 Å². The summed E-state index contributed by atoms with van der Waals surface area (Å²) in [6.07, 6.45) is 3.54. The summed E-state index contributed by atoms with van der Waals surface area (Å²) in [5.41, 5.74) is 0.871. The van der Waals surface area contributed by atoms with Crippen LogP contribution in [-0.4, -0.2) is 17.6 Å². The fourth-order valence-corrected chi connectivity index (χ4v) is 2.19. The van der Waals surface area contributed by atoms with E-state index in [0.29, 0.717) is 11.0 Å². The van der Waals surface area contributed by atoms with E-state index in [-0.39, 0.29) is 11.7 Å². The number of aromatic hydroxyl groups is 1. The van der Waals surface area contributed by atoms with Crippen molar-refractivity contribution in [2.75, 3.05) is 6.54 Å². The predicted octanol–water partition coefficient (Wildman–Crippen LogP) is 2.92. The zero-order valence-electron chi connectivity index (χ0n) is 9.79. The van der Waals surface area contributed by atoms with Gasteiger partial charge in [-0.2, -0.15) is 0 Å². The summed E-state index contributed by atoms with van der Waals surface area (Å²) in [4.78, 5) is 11.9. The topological polar surface area (TPSA) is 49.3 Å². The lowest BCUT2D eigenvalue weighted by Crippen LogP contribution is -2.29. The van der Waals surface area contributed by atoms with E-state index in [9.17, 15) is 9.90 Å². The van der Waals surface area contributed by atoms with Crippen LogP contribution in [0.4, 0.5) is 0 Å². The van der Waals surface area contributed by atoms with Crippen molar-refractivity contribution in [1.82, 2.24) is 5.32 Å². The van der Waals surface area contributed by atoms with Crippen LogP contribution in [0.5, 0.6) is 5.75 Å². The lowest BCUT2D eigenvalue weighted by atomic mass is 10.0. The van der Waals surface area contributed by atoms with Gasteiger partial charge in [-0.05, 0) is 65.5 Å². The lowest BCUT2D eigenvalue weighted by Gasteiger charge is -2.13. The number of nitrogens with one attached hydrogen (secondary N) is 1. The SMILES string of the molecule is CCC1(CNC(=O)c2ccc(I)c(O)c2)CC1. The van der Waals surface area contributed by atoms with E-state index in [1.807, 2.05) is 22.6 Å². The van der Waals surface area contributed by atoms with Gasteiger partial charge in [-0.1, -0.05) is 6.92 Å². The number of carbonyl (C=O) groups is 1. The first-order chi connectivity index (χ1) is 8.06. The zero-order valence-corrected chi connectivity index (χ0v) is 12.0. The molecule has 1 aliphatic rings. The molecule has 17 heavy (non-hydrogen) atoms. The molecule has 1 aliphatic carbocycles. The van der Waals surface area contributed by atoms with Crippen LogP contribution in [0.3, 0.4) is 0 Å². The van der Waals surface area contributed by atoms with Gasteiger partial charge in [0.05, 0.1) is 3.57 Å². The highest BCUT2D eigenvalue weighted by Gasteiger charge is 2.40. The Labute approximate surface area is 115 Å². The normalized spacial score (nSPS) is 16.6. The first kappa shape index (κ1) is 12.7. The van der Waals surface area contributed by atoms with Gasteiger partial charge in [0.15, 0.2) is 0 Å². The van der Waals surface area contributed by atoms with Crippen LogP contribution in [0.25, 0.3) is 0 Å². The van der Waals surface area contributed by atoms with Crippen molar-refractivity contribution in [2.24, 2.45) is 5.41 Å². The Bertz CT molecular complexity index is 441. The summed E-state index contributed by atoms with van der Waals surface area (Å²) in [5, 5.41) is 12.5. The largest absolute Gasteiger partial charge is 0.507 e. The van der Waals surface area contributed by atoms with Crippen molar-refractivity contribution in [2.45, 2.75) is 26.2 Å². The van der Waals surface area contributed by atoms with Crippen molar-refractivity contribution >= 4 is 28.5 Å². The number of hydrogen-bond acceptors (Lipinski definition) is 2. The minimum Gasteiger partial charge on any atom is -0.507 e. The fraction of sp³-hybridized carbons (Fsp3) is 0.462. The number of halogens is 1. The third-order valence-corrected chi connectivity index (χ3v) is 4.45. The van der Waals surface area contributed by atoms with Crippen LogP contribution >= 0.6 is 22.6 Å². The number of benzene rings is 1. The van der Waals surface area contributed by atoms with Crippen LogP contribution in [0.1, 0.15) is 36.5 Å². The Morgan fingerprint density at radius 1 is 1.53 bits per heavy atom. The average molecular weight is 345 g/mol. The molecular formula is C13H16INO2. The van der Waals surface area contributed by atoms with E-state index in [1.165, 1.54) is 18.9 Å². The summed E-state index contributed by atoms with van der Waals surface area (Å²) in [6.45, 7) is 2.91. The smallest absolute Gasteiger partial charge is 0.251 e. The van der Waals surface area contributed by atoms with E-state index < -0.39 is 0 Å². The molecule has 4 heteroatoms.